The summed E-state index contributed by atoms with van der Waals surface area (Å²) in [4.78, 5) is 25.5. The van der Waals surface area contributed by atoms with Gasteiger partial charge in [0.1, 0.15) is 6.10 Å². The van der Waals surface area contributed by atoms with Crippen LogP contribution >= 0.6 is 11.8 Å². The number of benzene rings is 1. The Hall–Kier alpha value is -1.57. The minimum atomic E-state index is -0.999. The van der Waals surface area contributed by atoms with Crippen LogP contribution < -0.4 is 0 Å². The molecule has 0 saturated heterocycles. The topological polar surface area (TPSA) is 82.1 Å². The number of hydrogen-bond donors (Lipinski definition) is 1. The molecule has 0 aromatic heterocycles. The highest BCUT2D eigenvalue weighted by molar-refractivity contribution is 8.00. The number of hydrogen-bond acceptors (Lipinski definition) is 6. The van der Waals surface area contributed by atoms with Gasteiger partial charge in [0.05, 0.1) is 19.1 Å². The monoisotopic (exact) mass is 466 g/mol. The third-order valence-electron chi connectivity index (χ3n) is 6.14. The summed E-state index contributed by atoms with van der Waals surface area (Å²) in [6.45, 7) is 8.56. The number of thioether (sulfide) groups is 1. The second-order valence-electron chi connectivity index (χ2n) is 8.94. The maximum absolute atomic E-state index is 12.8. The van der Waals surface area contributed by atoms with Crippen LogP contribution in [0.3, 0.4) is 0 Å². The van der Waals surface area contributed by atoms with Crippen LogP contribution in [0.1, 0.15) is 53.4 Å². The molecule has 1 aromatic carbocycles. The largest absolute Gasteiger partial charge is 0.481 e. The van der Waals surface area contributed by atoms with E-state index in [2.05, 4.69) is 20.8 Å². The zero-order chi connectivity index (χ0) is 23.7. The molecule has 0 amide bonds. The summed E-state index contributed by atoms with van der Waals surface area (Å²) in [5, 5.41) is 9.15. The lowest BCUT2D eigenvalue weighted by Gasteiger charge is -2.41. The van der Waals surface area contributed by atoms with E-state index in [1.165, 1.54) is 18.9 Å². The summed E-state index contributed by atoms with van der Waals surface area (Å²) in [5.74, 6) is -0.173. The SMILES string of the molecule is CCOC(=O)C(OC)[C@H](O[C@@H]1C[C@H](C)CC[C@H]1C(C)C)[C@@H](CC(=O)O)Sc1ccccc1. The number of esters is 1. The Morgan fingerprint density at radius 2 is 1.88 bits per heavy atom. The van der Waals surface area contributed by atoms with E-state index < -0.39 is 29.4 Å². The molecule has 0 aliphatic heterocycles. The highest BCUT2D eigenvalue weighted by atomic mass is 32.2. The van der Waals surface area contributed by atoms with Crippen molar-refractivity contribution >= 4 is 23.7 Å². The van der Waals surface area contributed by atoms with E-state index in [-0.39, 0.29) is 19.1 Å². The Kier molecular flexibility index (Phi) is 11.0. The van der Waals surface area contributed by atoms with E-state index in [0.29, 0.717) is 17.8 Å². The minimum Gasteiger partial charge on any atom is -0.481 e. The maximum atomic E-state index is 12.8. The summed E-state index contributed by atoms with van der Waals surface area (Å²) in [6.07, 6.45) is 1.12. The third kappa shape index (κ3) is 7.78. The fraction of sp³-hybridized carbons (Fsp3) is 0.680. The van der Waals surface area contributed by atoms with Crippen molar-refractivity contribution in [2.45, 2.75) is 81.8 Å². The fourth-order valence-corrected chi connectivity index (χ4v) is 5.72. The average Bonchev–Trinajstić information content (AvgIpc) is 2.73. The molecule has 180 valence electrons. The van der Waals surface area contributed by atoms with Gasteiger partial charge in [0.25, 0.3) is 0 Å². The van der Waals surface area contributed by atoms with Crippen molar-refractivity contribution in [2.75, 3.05) is 13.7 Å². The number of carboxylic acid groups (broad SMARTS) is 1. The van der Waals surface area contributed by atoms with Crippen LogP contribution in [0.5, 0.6) is 0 Å². The Morgan fingerprint density at radius 1 is 1.19 bits per heavy atom. The number of ether oxygens (including phenoxy) is 3. The number of aliphatic carboxylic acids is 1. The van der Waals surface area contributed by atoms with E-state index in [9.17, 15) is 14.7 Å². The molecule has 1 unspecified atom stereocenters. The number of carbonyl (C=O) groups is 2. The molecule has 32 heavy (non-hydrogen) atoms. The first-order chi connectivity index (χ1) is 15.3. The standard InChI is InChI=1S/C25H38O6S/c1-6-30-25(28)24(29-5)23(31-20-14-17(4)12-13-19(20)16(2)3)21(15-22(26)27)32-18-10-8-7-9-11-18/h7-11,16-17,19-21,23-24H,6,12-15H2,1-5H3,(H,26,27)/t17-,19+,20-,21-,23-,24?/m1/s1. The normalized spacial score (nSPS) is 24.0. The van der Waals surface area contributed by atoms with Gasteiger partial charge >= 0.3 is 11.9 Å². The van der Waals surface area contributed by atoms with Crippen LogP contribution in [-0.4, -0.2) is 54.3 Å². The Morgan fingerprint density at radius 3 is 2.44 bits per heavy atom. The number of carbonyl (C=O) groups excluding carboxylic acids is 1. The van der Waals surface area contributed by atoms with Gasteiger partial charge in [-0.05, 0) is 49.7 Å². The van der Waals surface area contributed by atoms with E-state index >= 15 is 0 Å². The highest BCUT2D eigenvalue weighted by Gasteiger charge is 2.42. The summed E-state index contributed by atoms with van der Waals surface area (Å²) in [7, 11) is 1.45. The third-order valence-corrected chi connectivity index (χ3v) is 7.42. The Labute approximate surface area is 196 Å². The predicted molar refractivity (Wildman–Crippen MR) is 126 cm³/mol. The van der Waals surface area contributed by atoms with Gasteiger partial charge in [-0.2, -0.15) is 0 Å². The molecule has 0 heterocycles. The quantitative estimate of drug-likeness (QED) is 0.341. The zero-order valence-electron chi connectivity index (χ0n) is 19.9. The second kappa shape index (κ2) is 13.2. The van der Waals surface area contributed by atoms with Crippen LogP contribution in [0.2, 0.25) is 0 Å². The van der Waals surface area contributed by atoms with Gasteiger partial charge in [-0.15, -0.1) is 11.8 Å². The number of rotatable bonds is 12. The molecule has 1 N–H and O–H groups in total. The lowest BCUT2D eigenvalue weighted by molar-refractivity contribution is -0.175. The molecule has 6 atom stereocenters. The molecule has 1 aliphatic rings. The predicted octanol–water partition coefficient (Wildman–Crippen LogP) is 5.05. The van der Waals surface area contributed by atoms with Crippen LogP contribution in [0, 0.1) is 17.8 Å². The lowest BCUT2D eigenvalue weighted by atomic mass is 9.75. The molecular formula is C25H38O6S. The summed E-state index contributed by atoms with van der Waals surface area (Å²) in [5.41, 5.74) is 0. The van der Waals surface area contributed by atoms with Gasteiger partial charge < -0.3 is 19.3 Å². The van der Waals surface area contributed by atoms with Gasteiger partial charge in [0.15, 0.2) is 6.10 Å². The average molecular weight is 467 g/mol. The molecule has 0 bridgehead atoms. The number of methoxy groups -OCH3 is 1. The molecule has 6 nitrogen and oxygen atoms in total. The van der Waals surface area contributed by atoms with Crippen molar-refractivity contribution in [3.63, 3.8) is 0 Å². The Bertz CT molecular complexity index is 710. The molecule has 1 saturated carbocycles. The van der Waals surface area contributed by atoms with Gasteiger partial charge in [0, 0.05) is 17.3 Å². The molecule has 2 rings (SSSR count). The number of carboxylic acids is 1. The first-order valence-corrected chi connectivity index (χ1v) is 12.4. The van der Waals surface area contributed by atoms with Gasteiger partial charge in [0.2, 0.25) is 0 Å². The van der Waals surface area contributed by atoms with E-state index in [0.717, 1.165) is 24.2 Å². The smallest absolute Gasteiger partial charge is 0.338 e. The van der Waals surface area contributed by atoms with E-state index in [1.54, 1.807) is 6.92 Å². The van der Waals surface area contributed by atoms with Crippen molar-refractivity contribution in [1.29, 1.82) is 0 Å². The summed E-state index contributed by atoms with van der Waals surface area (Å²) >= 11 is 1.41. The molecule has 7 heteroatoms. The first-order valence-electron chi connectivity index (χ1n) is 11.5. The molecule has 1 aromatic rings. The van der Waals surface area contributed by atoms with Gasteiger partial charge in [-0.3, -0.25) is 4.79 Å². The van der Waals surface area contributed by atoms with Crippen molar-refractivity contribution in [2.24, 2.45) is 17.8 Å². The van der Waals surface area contributed by atoms with Crippen LogP contribution in [0.15, 0.2) is 35.2 Å². The van der Waals surface area contributed by atoms with E-state index in [4.69, 9.17) is 14.2 Å². The molecule has 0 radical (unpaired) electrons. The van der Waals surface area contributed by atoms with Crippen LogP contribution in [0.25, 0.3) is 0 Å². The van der Waals surface area contributed by atoms with Crippen LogP contribution in [-0.2, 0) is 23.8 Å². The molecular weight excluding hydrogens is 428 g/mol. The van der Waals surface area contributed by atoms with Gasteiger partial charge in [-0.25, -0.2) is 4.79 Å². The molecule has 1 aliphatic carbocycles. The van der Waals surface area contributed by atoms with E-state index in [1.807, 2.05) is 30.3 Å². The van der Waals surface area contributed by atoms with Crippen molar-refractivity contribution in [1.82, 2.24) is 0 Å². The highest BCUT2D eigenvalue weighted by Crippen LogP contribution is 2.39. The van der Waals surface area contributed by atoms with Crippen LogP contribution in [0.4, 0.5) is 0 Å². The Balaban J connectivity index is 2.41. The van der Waals surface area contributed by atoms with Crippen molar-refractivity contribution in [3.8, 4) is 0 Å². The summed E-state index contributed by atoms with van der Waals surface area (Å²) in [6, 6.07) is 9.60. The molecule has 1 fully saturated rings. The zero-order valence-corrected chi connectivity index (χ0v) is 20.7. The molecule has 0 spiro atoms. The maximum Gasteiger partial charge on any atom is 0.338 e. The lowest BCUT2D eigenvalue weighted by Crippen LogP contribution is -2.49. The van der Waals surface area contributed by atoms with Crippen molar-refractivity contribution in [3.05, 3.63) is 30.3 Å². The summed E-state index contributed by atoms with van der Waals surface area (Å²) < 4.78 is 17.5. The second-order valence-corrected chi connectivity index (χ2v) is 10.3. The fourth-order valence-electron chi connectivity index (χ4n) is 4.49. The minimum absolute atomic E-state index is 0.0662. The van der Waals surface area contributed by atoms with Gasteiger partial charge in [-0.1, -0.05) is 45.4 Å². The first kappa shape index (κ1) is 26.7. The van der Waals surface area contributed by atoms with Crippen molar-refractivity contribution < 1.29 is 28.9 Å².